The van der Waals surface area contributed by atoms with Crippen molar-refractivity contribution in [1.29, 1.82) is 0 Å². The summed E-state index contributed by atoms with van der Waals surface area (Å²) in [6.45, 7) is 1.75. The molecule has 1 atom stereocenters. The highest BCUT2D eigenvalue weighted by molar-refractivity contribution is 7.89. The Balaban J connectivity index is 2.22. The summed E-state index contributed by atoms with van der Waals surface area (Å²) in [5.41, 5.74) is 0.733. The van der Waals surface area contributed by atoms with Gasteiger partial charge >= 0.3 is 0 Å². The third kappa shape index (κ3) is 3.75. The van der Waals surface area contributed by atoms with Crippen LogP contribution in [0.15, 0.2) is 53.4 Å². The van der Waals surface area contributed by atoms with E-state index >= 15 is 0 Å². The topological polar surface area (TPSA) is 55.4 Å². The second kappa shape index (κ2) is 6.47. The minimum absolute atomic E-state index is 0.183. The van der Waals surface area contributed by atoms with Gasteiger partial charge in [0, 0.05) is 11.1 Å². The minimum Gasteiger partial charge on any atom is -0.497 e. The van der Waals surface area contributed by atoms with Crippen LogP contribution < -0.4 is 9.46 Å². The van der Waals surface area contributed by atoms with Gasteiger partial charge in [-0.2, -0.15) is 0 Å². The highest BCUT2D eigenvalue weighted by atomic mass is 35.5. The number of benzene rings is 2. The number of rotatable bonds is 5. The second-order valence-corrected chi connectivity index (χ2v) is 6.66. The molecule has 0 heterocycles. The molecule has 0 radical (unpaired) electrons. The van der Waals surface area contributed by atoms with Crippen LogP contribution in [0.2, 0.25) is 5.02 Å². The van der Waals surface area contributed by atoms with Crippen molar-refractivity contribution in [3.63, 3.8) is 0 Å². The van der Waals surface area contributed by atoms with Crippen molar-refractivity contribution in [1.82, 2.24) is 4.72 Å². The zero-order chi connectivity index (χ0) is 15.5. The Labute approximate surface area is 129 Å². The Morgan fingerprint density at radius 2 is 1.71 bits per heavy atom. The van der Waals surface area contributed by atoms with E-state index in [1.54, 1.807) is 37.3 Å². The molecule has 0 aliphatic heterocycles. The molecule has 112 valence electrons. The predicted molar refractivity (Wildman–Crippen MR) is 83.2 cm³/mol. The monoisotopic (exact) mass is 325 g/mol. The van der Waals surface area contributed by atoms with Crippen LogP contribution in [0.25, 0.3) is 0 Å². The van der Waals surface area contributed by atoms with Gasteiger partial charge in [0.2, 0.25) is 10.0 Å². The maximum atomic E-state index is 12.3. The van der Waals surface area contributed by atoms with E-state index in [1.807, 2.05) is 6.07 Å². The van der Waals surface area contributed by atoms with Gasteiger partial charge < -0.3 is 4.74 Å². The van der Waals surface area contributed by atoms with E-state index in [1.165, 1.54) is 19.2 Å². The van der Waals surface area contributed by atoms with E-state index in [4.69, 9.17) is 16.3 Å². The van der Waals surface area contributed by atoms with Crippen molar-refractivity contribution >= 4 is 21.6 Å². The molecule has 2 rings (SSSR count). The summed E-state index contributed by atoms with van der Waals surface area (Å²) in [5.74, 6) is 0.605. The van der Waals surface area contributed by atoms with E-state index in [0.29, 0.717) is 10.8 Å². The van der Waals surface area contributed by atoms with Crippen LogP contribution in [0.5, 0.6) is 5.75 Å². The van der Waals surface area contributed by atoms with Crippen molar-refractivity contribution in [3.05, 3.63) is 59.1 Å². The molecule has 2 aromatic rings. The SMILES string of the molecule is COc1ccc(S(=O)(=O)N[C@H](C)c2ccccc2Cl)cc1. The first-order valence-corrected chi connectivity index (χ1v) is 8.21. The van der Waals surface area contributed by atoms with E-state index in [0.717, 1.165) is 5.56 Å². The lowest BCUT2D eigenvalue weighted by Crippen LogP contribution is -2.27. The molecule has 0 saturated carbocycles. The van der Waals surface area contributed by atoms with Crippen molar-refractivity contribution < 1.29 is 13.2 Å². The quantitative estimate of drug-likeness (QED) is 0.916. The van der Waals surface area contributed by atoms with Gasteiger partial charge in [0.1, 0.15) is 5.75 Å². The van der Waals surface area contributed by atoms with Crippen molar-refractivity contribution in [2.45, 2.75) is 17.9 Å². The van der Waals surface area contributed by atoms with Crippen LogP contribution in [0, 0.1) is 0 Å². The summed E-state index contributed by atoms with van der Waals surface area (Å²) < 4.78 is 32.3. The average Bonchev–Trinajstić information content (AvgIpc) is 2.47. The van der Waals surface area contributed by atoms with Gasteiger partial charge in [0.15, 0.2) is 0 Å². The molecule has 2 aromatic carbocycles. The largest absolute Gasteiger partial charge is 0.497 e. The number of halogens is 1. The number of nitrogens with one attached hydrogen (secondary N) is 1. The van der Waals surface area contributed by atoms with Gasteiger partial charge in [0.25, 0.3) is 0 Å². The van der Waals surface area contributed by atoms with E-state index < -0.39 is 16.1 Å². The molecule has 6 heteroatoms. The predicted octanol–water partition coefficient (Wildman–Crippen LogP) is 3.39. The zero-order valence-corrected chi connectivity index (χ0v) is 13.3. The van der Waals surface area contributed by atoms with E-state index in [9.17, 15) is 8.42 Å². The first kappa shape index (κ1) is 15.8. The lowest BCUT2D eigenvalue weighted by atomic mass is 10.1. The molecule has 0 aromatic heterocycles. The summed E-state index contributed by atoms with van der Waals surface area (Å²) in [6.07, 6.45) is 0. The molecule has 4 nitrogen and oxygen atoms in total. The van der Waals surface area contributed by atoms with Gasteiger partial charge in [-0.15, -0.1) is 0 Å². The third-order valence-corrected chi connectivity index (χ3v) is 4.97. The summed E-state index contributed by atoms with van der Waals surface area (Å²) in [4.78, 5) is 0.183. The fourth-order valence-corrected chi connectivity index (χ4v) is 3.47. The Bertz CT molecular complexity index is 714. The molecule has 0 fully saturated rings. The van der Waals surface area contributed by atoms with Gasteiger partial charge in [-0.05, 0) is 42.8 Å². The summed E-state index contributed by atoms with van der Waals surface area (Å²) >= 11 is 6.08. The summed E-state index contributed by atoms with van der Waals surface area (Å²) in [5, 5.41) is 0.530. The number of ether oxygens (including phenoxy) is 1. The molecule has 0 spiro atoms. The number of hydrogen-bond donors (Lipinski definition) is 1. The normalized spacial score (nSPS) is 12.9. The molecule has 0 amide bonds. The Morgan fingerprint density at radius 3 is 2.29 bits per heavy atom. The van der Waals surface area contributed by atoms with Crippen molar-refractivity contribution in [2.24, 2.45) is 0 Å². The lowest BCUT2D eigenvalue weighted by molar-refractivity contribution is 0.414. The van der Waals surface area contributed by atoms with Crippen LogP contribution in [0.4, 0.5) is 0 Å². The maximum absolute atomic E-state index is 12.3. The highest BCUT2D eigenvalue weighted by Crippen LogP contribution is 2.24. The van der Waals surface area contributed by atoms with Gasteiger partial charge in [-0.1, -0.05) is 29.8 Å². The summed E-state index contributed by atoms with van der Waals surface area (Å²) in [7, 11) is -2.08. The lowest BCUT2D eigenvalue weighted by Gasteiger charge is -2.16. The van der Waals surface area contributed by atoms with Gasteiger partial charge in [-0.3, -0.25) is 0 Å². The maximum Gasteiger partial charge on any atom is 0.241 e. The van der Waals surface area contributed by atoms with Crippen LogP contribution in [0.3, 0.4) is 0 Å². The molecule has 0 aliphatic carbocycles. The van der Waals surface area contributed by atoms with Gasteiger partial charge in [0.05, 0.1) is 12.0 Å². The Hall–Kier alpha value is -1.56. The molecule has 21 heavy (non-hydrogen) atoms. The first-order chi connectivity index (χ1) is 9.94. The smallest absolute Gasteiger partial charge is 0.241 e. The second-order valence-electron chi connectivity index (χ2n) is 4.54. The van der Waals surface area contributed by atoms with Crippen molar-refractivity contribution in [3.8, 4) is 5.75 Å². The van der Waals surface area contributed by atoms with Crippen LogP contribution in [0.1, 0.15) is 18.5 Å². The standard InChI is InChI=1S/C15H16ClNO3S/c1-11(14-5-3-4-6-15(14)16)17-21(18,19)13-9-7-12(20-2)8-10-13/h3-11,17H,1-2H3/t11-/m1/s1. The molecule has 1 N–H and O–H groups in total. The molecular weight excluding hydrogens is 310 g/mol. The zero-order valence-electron chi connectivity index (χ0n) is 11.7. The van der Waals surface area contributed by atoms with Crippen LogP contribution in [-0.2, 0) is 10.0 Å². The van der Waals surface area contributed by atoms with Gasteiger partial charge in [-0.25, -0.2) is 13.1 Å². The Morgan fingerprint density at radius 1 is 1.10 bits per heavy atom. The fraction of sp³-hybridized carbons (Fsp3) is 0.200. The molecule has 0 unspecified atom stereocenters. The number of sulfonamides is 1. The average molecular weight is 326 g/mol. The summed E-state index contributed by atoms with van der Waals surface area (Å²) in [6, 6.07) is 12.9. The van der Waals surface area contributed by atoms with E-state index in [2.05, 4.69) is 4.72 Å². The first-order valence-electron chi connectivity index (χ1n) is 6.35. The van der Waals surface area contributed by atoms with E-state index in [-0.39, 0.29) is 4.90 Å². The Kier molecular flexibility index (Phi) is 4.88. The third-order valence-electron chi connectivity index (χ3n) is 3.07. The minimum atomic E-state index is -3.61. The molecule has 0 aliphatic rings. The molecule has 0 saturated heterocycles. The fourth-order valence-electron chi connectivity index (χ4n) is 1.95. The van der Waals surface area contributed by atoms with Crippen LogP contribution in [-0.4, -0.2) is 15.5 Å². The van der Waals surface area contributed by atoms with Crippen LogP contribution >= 0.6 is 11.6 Å². The number of hydrogen-bond acceptors (Lipinski definition) is 3. The number of methoxy groups -OCH3 is 1. The van der Waals surface area contributed by atoms with Crippen molar-refractivity contribution in [2.75, 3.05) is 7.11 Å². The highest BCUT2D eigenvalue weighted by Gasteiger charge is 2.19. The molecule has 0 bridgehead atoms. The molecular formula is C15H16ClNO3S.